The number of nitriles is 1. The summed E-state index contributed by atoms with van der Waals surface area (Å²) in [6.07, 6.45) is 7.61. The topological polar surface area (TPSA) is 94.4 Å². The molecule has 2 fully saturated rings. The molecule has 1 saturated heterocycles. The van der Waals surface area contributed by atoms with Crippen LogP contribution in [-0.4, -0.2) is 60.3 Å². The van der Waals surface area contributed by atoms with Gasteiger partial charge in [-0.05, 0) is 44.7 Å². The third kappa shape index (κ3) is 3.94. The van der Waals surface area contributed by atoms with E-state index in [1.54, 1.807) is 24.4 Å². The van der Waals surface area contributed by atoms with Crippen LogP contribution in [0.1, 0.15) is 43.5 Å². The first-order valence-corrected chi connectivity index (χ1v) is 11.1. The van der Waals surface area contributed by atoms with Crippen LogP contribution in [0.2, 0.25) is 0 Å². The number of ether oxygens (including phenoxy) is 1. The molecule has 168 valence electrons. The highest BCUT2D eigenvalue weighted by molar-refractivity contribution is 5.95. The summed E-state index contributed by atoms with van der Waals surface area (Å²) in [4.78, 5) is 25.5. The summed E-state index contributed by atoms with van der Waals surface area (Å²) in [6.45, 7) is 1.87. The van der Waals surface area contributed by atoms with Crippen molar-refractivity contribution in [3.8, 4) is 6.07 Å². The van der Waals surface area contributed by atoms with Gasteiger partial charge in [-0.25, -0.2) is 14.8 Å². The van der Waals surface area contributed by atoms with Crippen molar-refractivity contribution in [2.24, 2.45) is 0 Å². The van der Waals surface area contributed by atoms with E-state index in [0.717, 1.165) is 32.1 Å². The normalized spacial score (nSPS) is 25.3. The molecule has 1 spiro atoms. The summed E-state index contributed by atoms with van der Waals surface area (Å²) in [5.74, 6) is 0.103. The summed E-state index contributed by atoms with van der Waals surface area (Å²) in [7, 11) is 3.71. The fourth-order valence-electron chi connectivity index (χ4n) is 5.23. The summed E-state index contributed by atoms with van der Waals surface area (Å²) >= 11 is 0. The highest BCUT2D eigenvalue weighted by atomic mass is 16.5. The number of aromatic nitrogens is 2. The molecular weight excluding hydrogens is 404 g/mol. The molecule has 2 aliphatic rings. The van der Waals surface area contributed by atoms with Crippen LogP contribution in [0.5, 0.6) is 0 Å². The van der Waals surface area contributed by atoms with E-state index in [2.05, 4.69) is 39.6 Å². The highest BCUT2D eigenvalue weighted by Gasteiger charge is 2.53. The Hall–Kier alpha value is -3.02. The van der Waals surface area contributed by atoms with E-state index in [1.807, 2.05) is 24.1 Å². The second-order valence-corrected chi connectivity index (χ2v) is 8.67. The molecule has 0 radical (unpaired) electrons. The minimum atomic E-state index is -0.242. The van der Waals surface area contributed by atoms with E-state index in [4.69, 9.17) is 10.00 Å². The van der Waals surface area contributed by atoms with E-state index in [9.17, 15) is 4.79 Å². The van der Waals surface area contributed by atoms with Gasteiger partial charge in [0.1, 0.15) is 6.07 Å². The number of carbonyl (C=O) groups excluding carboxylic acids is 1. The van der Waals surface area contributed by atoms with Crippen molar-refractivity contribution < 1.29 is 9.53 Å². The number of urea groups is 1. The number of hydrogen-bond donors (Lipinski definition) is 1. The van der Waals surface area contributed by atoms with Crippen LogP contribution < -0.4 is 10.2 Å². The molecule has 1 N–H and O–H groups in total. The number of methoxy groups -OCH3 is 1. The lowest BCUT2D eigenvalue weighted by Gasteiger charge is -2.48. The van der Waals surface area contributed by atoms with Gasteiger partial charge < -0.3 is 15.0 Å². The van der Waals surface area contributed by atoms with Crippen LogP contribution >= 0.6 is 0 Å². The van der Waals surface area contributed by atoms with Gasteiger partial charge in [0.25, 0.3) is 0 Å². The monoisotopic (exact) mass is 434 g/mol. The first-order chi connectivity index (χ1) is 15.6. The Morgan fingerprint density at radius 3 is 2.44 bits per heavy atom. The third-order valence-corrected chi connectivity index (χ3v) is 7.11. The standard InChI is InChI=1S/C24H30N6O2/c1-26-24(19-7-4-3-5-8-19)11-9-23(10-12-24)18-29(20-16-27-21(15-25)28-17-20)22(31)30(23)13-6-14-32-2/h3-5,7-8,16-17,26H,6,9-14,18H2,1-2H3/t23-,24-. The molecule has 8 nitrogen and oxygen atoms in total. The van der Waals surface area contributed by atoms with Gasteiger partial charge in [0.05, 0.1) is 30.2 Å². The number of hydrogen-bond acceptors (Lipinski definition) is 6. The van der Waals surface area contributed by atoms with Crippen molar-refractivity contribution in [2.75, 3.05) is 38.8 Å². The van der Waals surface area contributed by atoms with Gasteiger partial charge >= 0.3 is 6.03 Å². The Balaban J connectivity index is 1.60. The predicted molar refractivity (Wildman–Crippen MR) is 121 cm³/mol. The number of rotatable bonds is 7. The Labute approximate surface area is 189 Å². The van der Waals surface area contributed by atoms with Crippen LogP contribution in [0.25, 0.3) is 0 Å². The van der Waals surface area contributed by atoms with Crippen molar-refractivity contribution in [1.82, 2.24) is 20.2 Å². The van der Waals surface area contributed by atoms with Crippen LogP contribution in [0.4, 0.5) is 10.5 Å². The van der Waals surface area contributed by atoms with Gasteiger partial charge in [-0.2, -0.15) is 5.26 Å². The van der Waals surface area contributed by atoms with Gasteiger partial charge in [-0.1, -0.05) is 30.3 Å². The SMILES string of the molecule is CN[C@]1(c2ccccc2)CC[C@@]2(CC1)CN(c1cnc(C#N)nc1)C(=O)N2CCCOC. The van der Waals surface area contributed by atoms with Crippen LogP contribution in [0, 0.1) is 11.3 Å². The zero-order valence-electron chi connectivity index (χ0n) is 18.8. The van der Waals surface area contributed by atoms with E-state index < -0.39 is 0 Å². The molecule has 2 heterocycles. The zero-order chi connectivity index (χ0) is 22.6. The fraction of sp³-hybridized carbons (Fsp3) is 0.500. The quantitative estimate of drug-likeness (QED) is 0.673. The van der Waals surface area contributed by atoms with Crippen molar-refractivity contribution >= 4 is 11.7 Å². The largest absolute Gasteiger partial charge is 0.385 e. The maximum absolute atomic E-state index is 13.5. The lowest BCUT2D eigenvalue weighted by molar-refractivity contribution is 0.0722. The fourth-order valence-corrected chi connectivity index (χ4v) is 5.23. The minimum Gasteiger partial charge on any atom is -0.385 e. The molecule has 1 aliphatic heterocycles. The summed E-state index contributed by atoms with van der Waals surface area (Å²) in [5.41, 5.74) is 1.60. The maximum Gasteiger partial charge on any atom is 0.325 e. The minimum absolute atomic E-state index is 0.0221. The molecule has 0 atom stereocenters. The number of benzene rings is 1. The molecule has 1 saturated carbocycles. The summed E-state index contributed by atoms with van der Waals surface area (Å²) in [5, 5.41) is 12.6. The first-order valence-electron chi connectivity index (χ1n) is 11.1. The lowest BCUT2D eigenvalue weighted by Crippen LogP contribution is -2.55. The highest BCUT2D eigenvalue weighted by Crippen LogP contribution is 2.47. The van der Waals surface area contributed by atoms with Crippen molar-refractivity contribution in [1.29, 1.82) is 5.26 Å². The van der Waals surface area contributed by atoms with E-state index in [-0.39, 0.29) is 22.9 Å². The van der Waals surface area contributed by atoms with E-state index >= 15 is 0 Å². The van der Waals surface area contributed by atoms with Gasteiger partial charge in [-0.15, -0.1) is 0 Å². The average molecular weight is 435 g/mol. The zero-order valence-corrected chi connectivity index (χ0v) is 18.8. The lowest BCUT2D eigenvalue weighted by atomic mass is 9.69. The van der Waals surface area contributed by atoms with Gasteiger partial charge in [0.15, 0.2) is 0 Å². The summed E-state index contributed by atoms with van der Waals surface area (Å²) < 4.78 is 5.25. The Kier molecular flexibility index (Phi) is 6.40. The molecule has 0 unspecified atom stereocenters. The molecule has 0 bridgehead atoms. The molecule has 8 heteroatoms. The second-order valence-electron chi connectivity index (χ2n) is 8.67. The smallest absolute Gasteiger partial charge is 0.325 e. The van der Waals surface area contributed by atoms with Crippen LogP contribution in [0.15, 0.2) is 42.7 Å². The van der Waals surface area contributed by atoms with Gasteiger partial charge in [0, 0.05) is 25.8 Å². The Morgan fingerprint density at radius 1 is 1.16 bits per heavy atom. The number of carbonyl (C=O) groups is 1. The number of nitrogens with zero attached hydrogens (tertiary/aromatic N) is 5. The van der Waals surface area contributed by atoms with Gasteiger partial charge in [0.2, 0.25) is 5.82 Å². The predicted octanol–water partition coefficient (Wildman–Crippen LogP) is 3.05. The Morgan fingerprint density at radius 2 is 1.84 bits per heavy atom. The van der Waals surface area contributed by atoms with Crippen molar-refractivity contribution in [3.05, 3.63) is 54.1 Å². The van der Waals surface area contributed by atoms with Crippen molar-refractivity contribution in [3.63, 3.8) is 0 Å². The van der Waals surface area contributed by atoms with Gasteiger partial charge in [-0.3, -0.25) is 4.90 Å². The van der Waals surface area contributed by atoms with E-state index in [1.165, 1.54) is 5.56 Å². The molecule has 1 aliphatic carbocycles. The molecule has 2 amide bonds. The number of nitrogens with one attached hydrogen (secondary N) is 1. The average Bonchev–Trinajstić information content (AvgIpc) is 3.12. The number of anilines is 1. The number of amides is 2. The summed E-state index contributed by atoms with van der Waals surface area (Å²) in [6, 6.07) is 12.5. The van der Waals surface area contributed by atoms with Crippen molar-refractivity contribution in [2.45, 2.75) is 43.2 Å². The van der Waals surface area contributed by atoms with Crippen LogP contribution in [0.3, 0.4) is 0 Å². The molecule has 4 rings (SSSR count). The molecule has 2 aromatic rings. The third-order valence-electron chi connectivity index (χ3n) is 7.11. The Bertz CT molecular complexity index is 964. The maximum atomic E-state index is 13.5. The molecule has 1 aromatic heterocycles. The first kappa shape index (κ1) is 22.2. The molecule has 1 aromatic carbocycles. The second kappa shape index (κ2) is 9.23. The van der Waals surface area contributed by atoms with E-state index in [0.29, 0.717) is 25.4 Å². The molecular formula is C24H30N6O2. The van der Waals surface area contributed by atoms with Crippen LogP contribution in [-0.2, 0) is 10.3 Å². The molecule has 32 heavy (non-hydrogen) atoms.